The van der Waals surface area contributed by atoms with Crippen molar-refractivity contribution < 1.29 is 4.79 Å². The number of imidazole rings is 1. The fourth-order valence-electron chi connectivity index (χ4n) is 2.20. The molecule has 2 aromatic heterocycles. The zero-order chi connectivity index (χ0) is 15.9. The molecule has 2 heterocycles. The Bertz CT molecular complexity index is 774. The van der Waals surface area contributed by atoms with Crippen molar-refractivity contribution in [1.29, 1.82) is 0 Å². The van der Waals surface area contributed by atoms with Crippen molar-refractivity contribution in [2.75, 3.05) is 12.3 Å². The molecule has 3 rings (SSSR count). The lowest BCUT2D eigenvalue weighted by atomic mass is 10.1. The molecule has 0 aliphatic carbocycles. The van der Waals surface area contributed by atoms with Gasteiger partial charge >= 0.3 is 0 Å². The van der Waals surface area contributed by atoms with Gasteiger partial charge in [-0.15, -0.1) is 0 Å². The van der Waals surface area contributed by atoms with Gasteiger partial charge in [0.05, 0.1) is 12.1 Å². The Morgan fingerprint density at radius 2 is 2.04 bits per heavy atom. The quantitative estimate of drug-likeness (QED) is 0.395. The van der Waals surface area contributed by atoms with E-state index in [1.165, 1.54) is 23.7 Å². The fourth-order valence-corrected chi connectivity index (χ4v) is 2.99. The van der Waals surface area contributed by atoms with E-state index in [4.69, 9.17) is 0 Å². The zero-order valence-electron chi connectivity index (χ0n) is 12.5. The number of carbonyl (C=O) groups is 1. The topological polar surface area (TPSA) is 83.6 Å². The first-order chi connectivity index (χ1) is 11.3. The highest BCUT2D eigenvalue weighted by molar-refractivity contribution is 8.00. The fraction of sp³-hybridized carbons (Fsp3) is 0.250. The number of hydrogen-bond donors (Lipinski definition) is 2. The minimum atomic E-state index is 0.00865. The maximum absolute atomic E-state index is 11.9. The number of benzene rings is 1. The van der Waals surface area contributed by atoms with E-state index in [1.54, 1.807) is 6.33 Å². The Morgan fingerprint density at radius 3 is 2.91 bits per heavy atom. The minimum absolute atomic E-state index is 0.00865. The average molecular weight is 327 g/mol. The molecule has 7 heteroatoms. The van der Waals surface area contributed by atoms with Gasteiger partial charge in [0.15, 0.2) is 5.65 Å². The van der Waals surface area contributed by atoms with Crippen molar-refractivity contribution >= 4 is 28.8 Å². The number of carbonyl (C=O) groups excluding carboxylic acids is 1. The molecule has 0 bridgehead atoms. The number of H-pyrrole nitrogens is 1. The normalized spacial score (nSPS) is 10.8. The third kappa shape index (κ3) is 4.29. The molecular formula is C16H17N5OS. The Balaban J connectivity index is 1.41. The van der Waals surface area contributed by atoms with Crippen molar-refractivity contribution in [2.24, 2.45) is 0 Å². The summed E-state index contributed by atoms with van der Waals surface area (Å²) in [6.07, 6.45) is 4.93. The van der Waals surface area contributed by atoms with Crippen molar-refractivity contribution in [2.45, 2.75) is 17.9 Å². The van der Waals surface area contributed by atoms with E-state index < -0.39 is 0 Å². The van der Waals surface area contributed by atoms with Crippen LogP contribution in [-0.2, 0) is 11.2 Å². The summed E-state index contributed by atoms with van der Waals surface area (Å²) in [7, 11) is 0. The molecule has 0 aliphatic heterocycles. The summed E-state index contributed by atoms with van der Waals surface area (Å²) in [5.41, 5.74) is 2.68. The van der Waals surface area contributed by atoms with Crippen molar-refractivity contribution in [3.8, 4) is 0 Å². The number of hydrogen-bond acceptors (Lipinski definition) is 5. The molecule has 1 aromatic carbocycles. The average Bonchev–Trinajstić information content (AvgIpc) is 3.07. The Morgan fingerprint density at radius 1 is 1.17 bits per heavy atom. The number of aromatic amines is 1. The Labute approximate surface area is 138 Å². The van der Waals surface area contributed by atoms with Gasteiger partial charge in [-0.25, -0.2) is 15.0 Å². The second kappa shape index (κ2) is 7.73. The standard InChI is InChI=1S/C16H17N5OS/c22-13(17-8-4-7-12-5-2-1-3-6-12)9-23-16-14-15(19-10-18-14)20-11-21-16/h1-3,5-6,10-11H,4,7-9H2,(H,17,22)(H,18,19,20,21). The first-order valence-corrected chi connectivity index (χ1v) is 8.39. The van der Waals surface area contributed by atoms with Crippen LogP contribution in [-0.4, -0.2) is 38.1 Å². The van der Waals surface area contributed by atoms with Crippen LogP contribution in [0, 0.1) is 0 Å². The van der Waals surface area contributed by atoms with Gasteiger partial charge in [0.25, 0.3) is 0 Å². The van der Waals surface area contributed by atoms with Crippen LogP contribution in [0.15, 0.2) is 48.0 Å². The van der Waals surface area contributed by atoms with Crippen molar-refractivity contribution in [3.05, 3.63) is 48.5 Å². The third-order valence-electron chi connectivity index (χ3n) is 3.34. The highest BCUT2D eigenvalue weighted by atomic mass is 32.2. The van der Waals surface area contributed by atoms with Gasteiger partial charge in [-0.1, -0.05) is 42.1 Å². The second-order valence-electron chi connectivity index (χ2n) is 5.01. The van der Waals surface area contributed by atoms with Crippen LogP contribution in [0.2, 0.25) is 0 Å². The molecule has 118 valence electrons. The first-order valence-electron chi connectivity index (χ1n) is 7.40. The van der Waals surface area contributed by atoms with Gasteiger partial charge < -0.3 is 10.3 Å². The molecule has 23 heavy (non-hydrogen) atoms. The van der Waals surface area contributed by atoms with E-state index in [0.29, 0.717) is 17.9 Å². The Hall–Kier alpha value is -2.41. The summed E-state index contributed by atoms with van der Waals surface area (Å²) in [6, 6.07) is 10.3. The number of rotatable bonds is 7. The van der Waals surface area contributed by atoms with Gasteiger partial charge in [0.1, 0.15) is 16.9 Å². The molecule has 0 unspecified atom stereocenters. The molecule has 1 amide bonds. The van der Waals surface area contributed by atoms with E-state index in [1.807, 2.05) is 18.2 Å². The van der Waals surface area contributed by atoms with Crippen LogP contribution in [0.3, 0.4) is 0 Å². The summed E-state index contributed by atoms with van der Waals surface area (Å²) >= 11 is 1.38. The number of nitrogens with one attached hydrogen (secondary N) is 2. The molecular weight excluding hydrogens is 310 g/mol. The highest BCUT2D eigenvalue weighted by Crippen LogP contribution is 2.21. The molecule has 0 fully saturated rings. The molecule has 0 saturated carbocycles. The molecule has 2 N–H and O–H groups in total. The zero-order valence-corrected chi connectivity index (χ0v) is 13.3. The number of thioether (sulfide) groups is 1. The molecule has 0 atom stereocenters. The maximum Gasteiger partial charge on any atom is 0.230 e. The molecule has 6 nitrogen and oxygen atoms in total. The van der Waals surface area contributed by atoms with Gasteiger partial charge in [-0.2, -0.15) is 0 Å². The summed E-state index contributed by atoms with van der Waals surface area (Å²) < 4.78 is 0. The SMILES string of the molecule is O=C(CSc1ncnc2nc[nH]c12)NCCCc1ccccc1. The first kappa shape index (κ1) is 15.5. The predicted molar refractivity (Wildman–Crippen MR) is 90.2 cm³/mol. The van der Waals surface area contributed by atoms with Crippen LogP contribution in [0.5, 0.6) is 0 Å². The summed E-state index contributed by atoms with van der Waals surface area (Å²) in [5.74, 6) is 0.338. The van der Waals surface area contributed by atoms with Gasteiger partial charge in [-0.3, -0.25) is 4.79 Å². The monoisotopic (exact) mass is 327 g/mol. The number of fused-ring (bicyclic) bond motifs is 1. The summed E-state index contributed by atoms with van der Waals surface area (Å²) in [6.45, 7) is 0.678. The van der Waals surface area contributed by atoms with Gasteiger partial charge in [0, 0.05) is 6.54 Å². The maximum atomic E-state index is 11.9. The summed E-state index contributed by atoms with van der Waals surface area (Å²) in [4.78, 5) is 27.2. The smallest absolute Gasteiger partial charge is 0.230 e. The highest BCUT2D eigenvalue weighted by Gasteiger charge is 2.09. The van der Waals surface area contributed by atoms with Crippen LogP contribution in [0.1, 0.15) is 12.0 Å². The van der Waals surface area contributed by atoms with E-state index in [-0.39, 0.29) is 5.91 Å². The van der Waals surface area contributed by atoms with E-state index in [0.717, 1.165) is 23.4 Å². The number of aryl methyl sites for hydroxylation is 1. The van der Waals surface area contributed by atoms with Gasteiger partial charge in [-0.05, 0) is 18.4 Å². The molecule has 0 radical (unpaired) electrons. The van der Waals surface area contributed by atoms with E-state index in [2.05, 4.69) is 37.4 Å². The lowest BCUT2D eigenvalue weighted by Gasteiger charge is -2.05. The third-order valence-corrected chi connectivity index (χ3v) is 4.32. The van der Waals surface area contributed by atoms with Crippen molar-refractivity contribution in [1.82, 2.24) is 25.3 Å². The van der Waals surface area contributed by atoms with Gasteiger partial charge in [0.2, 0.25) is 5.91 Å². The van der Waals surface area contributed by atoms with Crippen LogP contribution < -0.4 is 5.32 Å². The number of amides is 1. The van der Waals surface area contributed by atoms with E-state index >= 15 is 0 Å². The minimum Gasteiger partial charge on any atom is -0.355 e. The molecule has 0 aliphatic rings. The molecule has 0 saturated heterocycles. The number of nitrogens with zero attached hydrogens (tertiary/aromatic N) is 3. The largest absolute Gasteiger partial charge is 0.355 e. The predicted octanol–water partition coefficient (Wildman–Crippen LogP) is 2.19. The van der Waals surface area contributed by atoms with Crippen LogP contribution in [0.4, 0.5) is 0 Å². The Kier molecular flexibility index (Phi) is 5.21. The summed E-state index contributed by atoms with van der Waals surface area (Å²) in [5, 5.41) is 3.68. The van der Waals surface area contributed by atoms with E-state index in [9.17, 15) is 4.79 Å². The lowest BCUT2D eigenvalue weighted by molar-refractivity contribution is -0.118. The van der Waals surface area contributed by atoms with Crippen LogP contribution in [0.25, 0.3) is 11.2 Å². The molecule has 0 spiro atoms. The molecule has 3 aromatic rings. The second-order valence-corrected chi connectivity index (χ2v) is 5.97. The van der Waals surface area contributed by atoms with Crippen LogP contribution >= 0.6 is 11.8 Å². The van der Waals surface area contributed by atoms with Crippen molar-refractivity contribution in [3.63, 3.8) is 0 Å². The number of aromatic nitrogens is 4. The lowest BCUT2D eigenvalue weighted by Crippen LogP contribution is -2.26.